The van der Waals surface area contributed by atoms with Crippen molar-refractivity contribution in [2.75, 3.05) is 5.43 Å². The third kappa shape index (κ3) is 1.66. The zero-order valence-corrected chi connectivity index (χ0v) is 6.01. The van der Waals surface area contributed by atoms with Gasteiger partial charge in [-0.3, -0.25) is 0 Å². The van der Waals surface area contributed by atoms with Gasteiger partial charge in [0.25, 0.3) is 0 Å². The summed E-state index contributed by atoms with van der Waals surface area (Å²) in [6.45, 7) is 1.78. The molecule has 54 valence electrons. The average Bonchev–Trinajstić information content (AvgIpc) is 2.13. The van der Waals surface area contributed by atoms with Crippen LogP contribution in [0.15, 0.2) is 5.38 Å². The minimum absolute atomic E-state index is 0.322. The van der Waals surface area contributed by atoms with Crippen molar-refractivity contribution in [2.24, 2.45) is 0 Å². The van der Waals surface area contributed by atoms with Gasteiger partial charge in [-0.15, -0.1) is 0 Å². The van der Waals surface area contributed by atoms with Crippen LogP contribution in [0.5, 0.6) is 0 Å². The van der Waals surface area contributed by atoms with Gasteiger partial charge in [-0.2, -0.15) is 0 Å². The molecule has 0 aliphatic heterocycles. The Balaban J connectivity index is 2.67. The number of anilines is 1. The van der Waals surface area contributed by atoms with E-state index in [4.69, 9.17) is 0 Å². The van der Waals surface area contributed by atoms with Gasteiger partial charge < -0.3 is 0 Å². The van der Waals surface area contributed by atoms with E-state index in [-0.39, 0.29) is 0 Å². The maximum atomic E-state index is 9.84. The third-order valence-electron chi connectivity index (χ3n) is 0.806. The highest BCUT2D eigenvalue weighted by Gasteiger charge is 2.01. The van der Waals surface area contributed by atoms with Crippen LogP contribution in [0, 0.1) is 17.0 Å². The van der Waals surface area contributed by atoms with E-state index in [0.29, 0.717) is 5.13 Å². The quantitative estimate of drug-likeness (QED) is 0.517. The molecule has 0 aliphatic carbocycles. The second-order valence-corrected chi connectivity index (χ2v) is 2.52. The van der Waals surface area contributed by atoms with Gasteiger partial charge >= 0.3 is 0 Å². The molecule has 6 heteroatoms. The van der Waals surface area contributed by atoms with Crippen LogP contribution >= 0.6 is 11.3 Å². The molecule has 0 atom stereocenters. The van der Waals surface area contributed by atoms with Crippen molar-refractivity contribution in [3.63, 3.8) is 0 Å². The molecule has 0 aromatic carbocycles. The van der Waals surface area contributed by atoms with Crippen LogP contribution in [0.2, 0.25) is 0 Å². The van der Waals surface area contributed by atoms with Crippen molar-refractivity contribution in [3.8, 4) is 0 Å². The first-order valence-electron chi connectivity index (χ1n) is 2.51. The van der Waals surface area contributed by atoms with E-state index in [9.17, 15) is 10.1 Å². The Morgan fingerprint density at radius 3 is 3.00 bits per heavy atom. The van der Waals surface area contributed by atoms with Crippen LogP contribution in [0.4, 0.5) is 5.13 Å². The molecule has 5 nitrogen and oxygen atoms in total. The number of nitrogens with zero attached hydrogens (tertiary/aromatic N) is 2. The fourth-order valence-electron chi connectivity index (χ4n) is 0.483. The lowest BCUT2D eigenvalue weighted by atomic mass is 10.6. The Labute approximate surface area is 60.8 Å². The van der Waals surface area contributed by atoms with Gasteiger partial charge in [-0.1, -0.05) is 16.8 Å². The van der Waals surface area contributed by atoms with E-state index in [2.05, 4.69) is 4.98 Å². The molecule has 10 heavy (non-hydrogen) atoms. The minimum Gasteiger partial charge on any atom is -0.234 e. The summed E-state index contributed by atoms with van der Waals surface area (Å²) in [6, 6.07) is 0. The first kappa shape index (κ1) is 6.94. The second kappa shape index (κ2) is 2.61. The number of aryl methyl sites for hydroxylation is 1. The number of thiazole rings is 1. The SMILES string of the molecule is Cc1csc(N[N+](=O)[O-])n1. The van der Waals surface area contributed by atoms with Gasteiger partial charge in [0, 0.05) is 5.38 Å². The lowest BCUT2D eigenvalue weighted by Gasteiger charge is -1.86. The van der Waals surface area contributed by atoms with Crippen LogP contribution in [0.25, 0.3) is 0 Å². The first-order chi connectivity index (χ1) is 4.68. The highest BCUT2D eigenvalue weighted by Crippen LogP contribution is 2.13. The van der Waals surface area contributed by atoms with Crippen molar-refractivity contribution in [1.82, 2.24) is 4.98 Å². The summed E-state index contributed by atoms with van der Waals surface area (Å²) in [6.07, 6.45) is 0. The van der Waals surface area contributed by atoms with Gasteiger partial charge in [0.05, 0.1) is 5.69 Å². The molecule has 0 aliphatic rings. The summed E-state index contributed by atoms with van der Waals surface area (Å²) in [4.78, 5) is 13.7. The molecule has 1 N–H and O–H groups in total. The molecule has 1 aromatic heterocycles. The monoisotopic (exact) mass is 159 g/mol. The molecule has 0 amide bonds. The second-order valence-electron chi connectivity index (χ2n) is 1.66. The summed E-state index contributed by atoms with van der Waals surface area (Å²) in [7, 11) is 0. The Morgan fingerprint density at radius 2 is 2.60 bits per heavy atom. The van der Waals surface area contributed by atoms with Gasteiger partial charge in [-0.05, 0) is 6.92 Å². The number of hydrogen-bond acceptors (Lipinski definition) is 4. The van der Waals surface area contributed by atoms with E-state index in [1.165, 1.54) is 11.3 Å². The van der Waals surface area contributed by atoms with Gasteiger partial charge in [0.2, 0.25) is 5.13 Å². The minimum atomic E-state index is -0.627. The van der Waals surface area contributed by atoms with Crippen LogP contribution in [-0.2, 0) is 0 Å². The van der Waals surface area contributed by atoms with Gasteiger partial charge in [0.15, 0.2) is 5.03 Å². The molecule has 1 rings (SSSR count). The predicted octanol–water partition coefficient (Wildman–Crippen LogP) is 1.06. The Morgan fingerprint density at radius 1 is 1.90 bits per heavy atom. The van der Waals surface area contributed by atoms with E-state index in [1.807, 2.05) is 5.43 Å². The van der Waals surface area contributed by atoms with Crippen molar-refractivity contribution >= 4 is 16.5 Å². The Bertz CT molecular complexity index is 246. The number of nitrogens with one attached hydrogen (secondary N) is 1. The summed E-state index contributed by atoms with van der Waals surface area (Å²) >= 11 is 1.21. The summed E-state index contributed by atoms with van der Waals surface area (Å²) < 4.78 is 0. The fourth-order valence-corrected chi connectivity index (χ4v) is 1.14. The highest BCUT2D eigenvalue weighted by atomic mass is 32.1. The van der Waals surface area contributed by atoms with Crippen LogP contribution < -0.4 is 5.43 Å². The largest absolute Gasteiger partial charge is 0.246 e. The predicted molar refractivity (Wildman–Crippen MR) is 37.5 cm³/mol. The molecule has 0 bridgehead atoms. The summed E-state index contributed by atoms with van der Waals surface area (Å²) in [5.41, 5.74) is 2.74. The molecule has 1 aromatic rings. The number of rotatable bonds is 2. The van der Waals surface area contributed by atoms with Crippen LogP contribution in [-0.4, -0.2) is 10.0 Å². The average molecular weight is 159 g/mol. The van der Waals surface area contributed by atoms with Gasteiger partial charge in [-0.25, -0.2) is 15.1 Å². The molecule has 0 fully saturated rings. The molecular weight excluding hydrogens is 154 g/mol. The number of hydrogen-bond donors (Lipinski definition) is 1. The molecule has 0 spiro atoms. The Hall–Kier alpha value is -1.17. The zero-order chi connectivity index (χ0) is 7.56. The van der Waals surface area contributed by atoms with E-state index in [0.717, 1.165) is 5.69 Å². The maximum absolute atomic E-state index is 9.84. The van der Waals surface area contributed by atoms with Gasteiger partial charge in [0.1, 0.15) is 0 Å². The van der Waals surface area contributed by atoms with Crippen molar-refractivity contribution in [1.29, 1.82) is 0 Å². The summed E-state index contributed by atoms with van der Waals surface area (Å²) in [5, 5.41) is 11.3. The Kier molecular flexibility index (Phi) is 1.81. The number of hydrazine groups is 1. The van der Waals surface area contributed by atoms with E-state index < -0.39 is 5.03 Å². The van der Waals surface area contributed by atoms with Crippen molar-refractivity contribution < 1.29 is 5.03 Å². The molecule has 0 saturated carbocycles. The molecule has 0 unspecified atom stereocenters. The van der Waals surface area contributed by atoms with E-state index >= 15 is 0 Å². The van der Waals surface area contributed by atoms with Crippen molar-refractivity contribution in [2.45, 2.75) is 6.92 Å². The zero-order valence-electron chi connectivity index (χ0n) is 5.20. The normalized spacial score (nSPS) is 9.30. The molecular formula is C4H5N3O2S. The third-order valence-corrected chi connectivity index (χ3v) is 1.67. The maximum Gasteiger partial charge on any atom is 0.246 e. The topological polar surface area (TPSA) is 68.1 Å². The number of nitro groups is 1. The van der Waals surface area contributed by atoms with Crippen LogP contribution in [0.3, 0.4) is 0 Å². The smallest absolute Gasteiger partial charge is 0.234 e. The number of aromatic nitrogens is 1. The standard InChI is InChI=1S/C4H5N3O2S/c1-3-2-10-4(5-3)6-7(8)9/h2H,1H3,(H,5,6). The molecule has 0 radical (unpaired) electrons. The lowest BCUT2D eigenvalue weighted by molar-refractivity contribution is -0.445. The highest BCUT2D eigenvalue weighted by molar-refractivity contribution is 7.13. The summed E-state index contributed by atoms with van der Waals surface area (Å²) in [5.74, 6) is 0. The van der Waals surface area contributed by atoms with Crippen molar-refractivity contribution in [3.05, 3.63) is 21.2 Å². The first-order valence-corrected chi connectivity index (χ1v) is 3.39. The van der Waals surface area contributed by atoms with E-state index in [1.54, 1.807) is 12.3 Å². The fraction of sp³-hybridized carbons (Fsp3) is 0.250. The molecule has 0 saturated heterocycles. The van der Waals surface area contributed by atoms with Crippen LogP contribution in [0.1, 0.15) is 5.69 Å². The molecule has 1 heterocycles. The lowest BCUT2D eigenvalue weighted by Crippen LogP contribution is -2.06.